The fourth-order valence-electron chi connectivity index (χ4n) is 7.45. The summed E-state index contributed by atoms with van der Waals surface area (Å²) in [5.41, 5.74) is 3.85. The normalized spacial score (nSPS) is 12.0. The number of aryl methyl sites for hydroxylation is 1. The van der Waals surface area contributed by atoms with Gasteiger partial charge in [-0.05, 0) is 89.7 Å². The van der Waals surface area contributed by atoms with Gasteiger partial charge in [-0.25, -0.2) is 14.4 Å². The van der Waals surface area contributed by atoms with Crippen molar-refractivity contribution in [3.8, 4) is 38.8 Å². The monoisotopic (exact) mass is 845 g/mol. The quantitative estimate of drug-likeness (QED) is 0.0221. The molecule has 0 spiro atoms. The number of rotatable bonds is 17. The van der Waals surface area contributed by atoms with E-state index < -0.39 is 22.4 Å². The van der Waals surface area contributed by atoms with E-state index in [1.807, 2.05) is 85.8 Å². The zero-order valence-electron chi connectivity index (χ0n) is 33.3. The summed E-state index contributed by atoms with van der Waals surface area (Å²) in [7, 11) is 3.21. The highest BCUT2D eigenvalue weighted by atomic mass is 35.5. The molecule has 7 rings (SSSR count). The number of benzene rings is 5. The number of hydrogen-bond acceptors (Lipinski definition) is 10. The Morgan fingerprint density at radius 1 is 0.867 bits per heavy atom. The molecule has 0 bridgehead atoms. The molecule has 0 saturated heterocycles. The van der Waals surface area contributed by atoms with E-state index >= 15 is 0 Å². The number of aromatic nitrogens is 2. The predicted octanol–water partition coefficient (Wildman–Crippen LogP) is 11.3. The number of fused-ring (bicyclic) bond motifs is 1. The van der Waals surface area contributed by atoms with E-state index in [-0.39, 0.29) is 36.4 Å². The Morgan fingerprint density at radius 2 is 1.48 bits per heavy atom. The van der Waals surface area contributed by atoms with Crippen molar-refractivity contribution in [2.24, 2.45) is 0 Å². The summed E-state index contributed by atoms with van der Waals surface area (Å²) in [4.78, 5) is 22.7. The molecule has 0 saturated carbocycles. The van der Waals surface area contributed by atoms with Crippen LogP contribution < -0.4 is 14.2 Å². The molecule has 0 aliphatic heterocycles. The summed E-state index contributed by atoms with van der Waals surface area (Å²) in [5, 5.41) is 13.9. The molecule has 306 valence electrons. The van der Waals surface area contributed by atoms with Crippen LogP contribution in [0.1, 0.15) is 27.8 Å². The van der Waals surface area contributed by atoms with Crippen LogP contribution in [0.5, 0.6) is 17.2 Å². The van der Waals surface area contributed by atoms with Crippen LogP contribution in [0.4, 0.5) is 10.1 Å². The lowest BCUT2D eigenvalue weighted by Crippen LogP contribution is -2.38. The van der Waals surface area contributed by atoms with Gasteiger partial charge in [0.05, 0.1) is 44.3 Å². The van der Waals surface area contributed by atoms with Gasteiger partial charge in [-0.1, -0.05) is 84.4 Å². The molecule has 2 heterocycles. The van der Waals surface area contributed by atoms with Crippen LogP contribution in [0, 0.1) is 29.8 Å². The Bertz CT molecular complexity index is 2580. The lowest BCUT2D eigenvalue weighted by Gasteiger charge is -2.37. The van der Waals surface area contributed by atoms with E-state index in [4.69, 9.17) is 35.3 Å². The molecule has 0 N–H and O–H groups in total. The molecular weight excluding hydrogens is 805 g/mol. The highest BCUT2D eigenvalue weighted by Gasteiger charge is 2.39. The average molecular weight is 846 g/mol. The van der Waals surface area contributed by atoms with Crippen molar-refractivity contribution in [1.82, 2.24) is 9.97 Å². The van der Waals surface area contributed by atoms with Crippen molar-refractivity contribution in [3.05, 3.63) is 177 Å². The van der Waals surface area contributed by atoms with Crippen LogP contribution in [0.2, 0.25) is 5.15 Å². The van der Waals surface area contributed by atoms with Crippen LogP contribution in [-0.4, -0.2) is 55.0 Å². The number of nitro benzene ring substituents is 1. The molecule has 10 nitrogen and oxygen atoms in total. The molecule has 7 aromatic rings. The standard InChI is InChI=1S/C47H41ClFN3O7S/c1-6-24-57-26-38(27-58-47(32-10-8-7-9-11-32,33-14-20-36(55-4)21-15-33)34-16-22-37(56-5)23-17-34)59-39-25-29(2)40(30(3)43(39)52(53)54)41-42-45(48)50-28-51-46(42)60-44(41)31-12-18-35(49)19-13-31/h6-23,25,28,38H,1,24,26-27H2,2-5H3/t38-/m1/s1. The van der Waals surface area contributed by atoms with Crippen molar-refractivity contribution in [1.29, 1.82) is 0 Å². The largest absolute Gasteiger partial charge is 0.497 e. The second-order valence-corrected chi connectivity index (χ2v) is 15.2. The van der Waals surface area contributed by atoms with Gasteiger partial charge in [0.1, 0.15) is 45.3 Å². The molecule has 0 radical (unpaired) electrons. The van der Waals surface area contributed by atoms with Gasteiger partial charge >= 0.3 is 5.69 Å². The number of nitrogens with zero attached hydrogens (tertiary/aromatic N) is 3. The summed E-state index contributed by atoms with van der Waals surface area (Å²) >= 11 is 8.07. The molecule has 0 unspecified atom stereocenters. The number of ether oxygens (including phenoxy) is 5. The Balaban J connectivity index is 1.35. The van der Waals surface area contributed by atoms with E-state index in [2.05, 4.69) is 16.5 Å². The van der Waals surface area contributed by atoms with Gasteiger partial charge in [-0.15, -0.1) is 17.9 Å². The maximum atomic E-state index is 14.1. The Labute approximate surface area is 355 Å². The second-order valence-electron chi connectivity index (χ2n) is 13.8. The van der Waals surface area contributed by atoms with Crippen LogP contribution in [0.3, 0.4) is 0 Å². The van der Waals surface area contributed by atoms with E-state index in [0.717, 1.165) is 16.7 Å². The molecule has 0 fully saturated rings. The van der Waals surface area contributed by atoms with Crippen LogP contribution in [-0.2, 0) is 15.1 Å². The first-order chi connectivity index (χ1) is 29.1. The zero-order chi connectivity index (χ0) is 42.4. The van der Waals surface area contributed by atoms with Crippen molar-refractivity contribution in [2.75, 3.05) is 34.0 Å². The van der Waals surface area contributed by atoms with Gasteiger partial charge in [-0.2, -0.15) is 0 Å². The minimum atomic E-state index is -1.19. The summed E-state index contributed by atoms with van der Waals surface area (Å²) < 4.78 is 44.8. The van der Waals surface area contributed by atoms with Gasteiger partial charge in [0.2, 0.25) is 0 Å². The lowest BCUT2D eigenvalue weighted by atomic mass is 9.80. The van der Waals surface area contributed by atoms with E-state index in [1.54, 1.807) is 45.4 Å². The molecular formula is C47H41ClFN3O7S. The first-order valence-corrected chi connectivity index (χ1v) is 20.1. The molecule has 0 aliphatic carbocycles. The smallest absolute Gasteiger partial charge is 0.314 e. The SMILES string of the molecule is C=CCOC[C@H](COC(c1ccccc1)(c1ccc(OC)cc1)c1ccc(OC)cc1)Oc1cc(C)c(-c2c(-c3ccc(F)cc3)sc3ncnc(Cl)c23)c(C)c1[N+](=O)[O-]. The molecule has 0 amide bonds. The number of hydrogen-bond donors (Lipinski definition) is 0. The van der Waals surface area contributed by atoms with Gasteiger partial charge in [0.15, 0.2) is 5.75 Å². The Hall–Kier alpha value is -6.18. The second kappa shape index (κ2) is 18.4. The van der Waals surface area contributed by atoms with E-state index in [0.29, 0.717) is 54.4 Å². The highest BCUT2D eigenvalue weighted by molar-refractivity contribution is 7.22. The van der Waals surface area contributed by atoms with E-state index in [9.17, 15) is 14.5 Å². The topological polar surface area (TPSA) is 115 Å². The first kappa shape index (κ1) is 42.0. The van der Waals surface area contributed by atoms with Crippen molar-refractivity contribution < 1.29 is 33.0 Å². The number of methoxy groups -OCH3 is 2. The minimum Gasteiger partial charge on any atom is -0.497 e. The van der Waals surface area contributed by atoms with Gasteiger partial charge in [0, 0.05) is 16.0 Å². The maximum Gasteiger partial charge on any atom is 0.314 e. The van der Waals surface area contributed by atoms with E-state index in [1.165, 1.54) is 29.8 Å². The Morgan fingerprint density at radius 3 is 2.07 bits per heavy atom. The van der Waals surface area contributed by atoms with Gasteiger partial charge in [0.25, 0.3) is 0 Å². The zero-order valence-corrected chi connectivity index (χ0v) is 34.9. The number of halogens is 2. The van der Waals surface area contributed by atoms with Crippen molar-refractivity contribution >= 4 is 38.8 Å². The number of thiophene rings is 1. The predicted molar refractivity (Wildman–Crippen MR) is 233 cm³/mol. The third kappa shape index (κ3) is 8.32. The molecule has 13 heteroatoms. The van der Waals surface area contributed by atoms with Crippen molar-refractivity contribution in [2.45, 2.75) is 25.6 Å². The third-order valence-corrected chi connectivity index (χ3v) is 11.6. The fraction of sp³-hybridized carbons (Fsp3) is 0.191. The summed E-state index contributed by atoms with van der Waals surface area (Å²) in [6.07, 6.45) is 2.13. The summed E-state index contributed by atoms with van der Waals surface area (Å²) in [6.45, 7) is 7.46. The van der Waals surface area contributed by atoms with Crippen LogP contribution in [0.15, 0.2) is 128 Å². The van der Waals surface area contributed by atoms with Gasteiger partial charge < -0.3 is 23.7 Å². The number of nitro groups is 1. The maximum absolute atomic E-state index is 14.1. The van der Waals surface area contributed by atoms with Crippen LogP contribution >= 0.6 is 22.9 Å². The molecule has 0 aliphatic rings. The van der Waals surface area contributed by atoms with Crippen LogP contribution in [0.25, 0.3) is 31.8 Å². The Kier molecular flexibility index (Phi) is 12.9. The first-order valence-electron chi connectivity index (χ1n) is 18.9. The molecule has 1 atom stereocenters. The lowest BCUT2D eigenvalue weighted by molar-refractivity contribution is -0.386. The molecule has 2 aromatic heterocycles. The fourth-order valence-corrected chi connectivity index (χ4v) is 8.89. The summed E-state index contributed by atoms with van der Waals surface area (Å²) in [6, 6.07) is 32.7. The van der Waals surface area contributed by atoms with Crippen molar-refractivity contribution in [3.63, 3.8) is 0 Å². The minimum absolute atomic E-state index is 0.00987. The molecule has 60 heavy (non-hydrogen) atoms. The summed E-state index contributed by atoms with van der Waals surface area (Å²) in [5.74, 6) is 0.976. The average Bonchev–Trinajstić information content (AvgIpc) is 3.64. The molecule has 5 aromatic carbocycles. The third-order valence-electron chi connectivity index (χ3n) is 10.2. The highest BCUT2D eigenvalue weighted by Crippen LogP contribution is 2.51. The van der Waals surface area contributed by atoms with Gasteiger partial charge in [-0.3, -0.25) is 10.1 Å².